The fourth-order valence-corrected chi connectivity index (χ4v) is 2.12. The summed E-state index contributed by atoms with van der Waals surface area (Å²) in [6.07, 6.45) is 5.62. The molecule has 1 aliphatic rings. The van der Waals surface area contributed by atoms with Crippen LogP contribution in [-0.2, 0) is 22.5 Å². The van der Waals surface area contributed by atoms with Crippen molar-refractivity contribution >= 4 is 5.97 Å². The van der Waals surface area contributed by atoms with E-state index in [1.807, 2.05) is 10.9 Å². The minimum atomic E-state index is -0.736. The second-order valence-corrected chi connectivity index (χ2v) is 4.76. The minimum Gasteiger partial charge on any atom is -0.481 e. The van der Waals surface area contributed by atoms with Gasteiger partial charge in [0.05, 0.1) is 12.3 Å². The van der Waals surface area contributed by atoms with Crippen molar-refractivity contribution in [3.63, 3.8) is 0 Å². The summed E-state index contributed by atoms with van der Waals surface area (Å²) in [7, 11) is 0. The molecule has 2 rings (SSSR count). The monoisotopic (exact) mass is 253 g/mol. The molecular formula is C12H19N3O3. The molecule has 0 aliphatic carbocycles. The van der Waals surface area contributed by atoms with Crippen LogP contribution in [0, 0.1) is 5.92 Å². The maximum Gasteiger partial charge on any atom is 0.303 e. The maximum absolute atomic E-state index is 10.4. The van der Waals surface area contributed by atoms with Crippen LogP contribution in [0.3, 0.4) is 0 Å². The summed E-state index contributed by atoms with van der Waals surface area (Å²) in [6, 6.07) is 0. The van der Waals surface area contributed by atoms with Gasteiger partial charge < -0.3 is 9.84 Å². The van der Waals surface area contributed by atoms with Crippen molar-refractivity contribution < 1.29 is 14.6 Å². The smallest absolute Gasteiger partial charge is 0.303 e. The van der Waals surface area contributed by atoms with Crippen molar-refractivity contribution in [2.75, 3.05) is 13.2 Å². The minimum absolute atomic E-state index is 0.230. The summed E-state index contributed by atoms with van der Waals surface area (Å²) < 4.78 is 7.19. The first-order chi connectivity index (χ1) is 8.74. The highest BCUT2D eigenvalue weighted by molar-refractivity contribution is 5.66. The van der Waals surface area contributed by atoms with Crippen molar-refractivity contribution in [2.24, 2.45) is 5.92 Å². The topological polar surface area (TPSA) is 77.2 Å². The summed E-state index contributed by atoms with van der Waals surface area (Å²) in [5.41, 5.74) is 0.944. The van der Waals surface area contributed by atoms with E-state index >= 15 is 0 Å². The highest BCUT2D eigenvalue weighted by atomic mass is 16.5. The van der Waals surface area contributed by atoms with Crippen LogP contribution in [-0.4, -0.2) is 39.3 Å². The fourth-order valence-electron chi connectivity index (χ4n) is 2.12. The van der Waals surface area contributed by atoms with E-state index in [0.717, 1.165) is 44.7 Å². The predicted molar refractivity (Wildman–Crippen MR) is 64.1 cm³/mol. The Morgan fingerprint density at radius 1 is 1.56 bits per heavy atom. The Hall–Kier alpha value is -1.43. The van der Waals surface area contributed by atoms with Crippen molar-refractivity contribution in [1.82, 2.24) is 15.0 Å². The van der Waals surface area contributed by atoms with Crippen molar-refractivity contribution in [3.05, 3.63) is 11.9 Å². The number of aryl methyl sites for hydroxylation is 1. The van der Waals surface area contributed by atoms with Crippen LogP contribution < -0.4 is 0 Å². The number of ether oxygens (including phenoxy) is 1. The van der Waals surface area contributed by atoms with E-state index in [0.29, 0.717) is 12.3 Å². The van der Waals surface area contributed by atoms with Crippen molar-refractivity contribution in [2.45, 2.75) is 38.6 Å². The Bertz CT molecular complexity index is 386. The molecule has 6 nitrogen and oxygen atoms in total. The molecule has 0 saturated carbocycles. The molecule has 18 heavy (non-hydrogen) atoms. The summed E-state index contributed by atoms with van der Waals surface area (Å²) >= 11 is 0. The van der Waals surface area contributed by atoms with Gasteiger partial charge in [0.2, 0.25) is 0 Å². The van der Waals surface area contributed by atoms with Gasteiger partial charge in [-0.1, -0.05) is 5.21 Å². The number of aliphatic carboxylic acids is 1. The highest BCUT2D eigenvalue weighted by Crippen LogP contribution is 2.14. The molecule has 1 N–H and O–H groups in total. The molecule has 1 aromatic rings. The summed E-state index contributed by atoms with van der Waals surface area (Å²) in [4.78, 5) is 10.4. The molecule has 1 atom stereocenters. The Labute approximate surface area is 106 Å². The number of hydrogen-bond acceptors (Lipinski definition) is 4. The normalized spacial score (nSPS) is 19.2. The van der Waals surface area contributed by atoms with Crippen LogP contribution >= 0.6 is 0 Å². The number of hydrogen-bond donors (Lipinski definition) is 1. The van der Waals surface area contributed by atoms with Crippen LogP contribution in [0.25, 0.3) is 0 Å². The van der Waals surface area contributed by atoms with E-state index in [1.165, 1.54) is 0 Å². The van der Waals surface area contributed by atoms with Gasteiger partial charge in [-0.25, -0.2) is 0 Å². The second kappa shape index (κ2) is 6.49. The molecule has 1 aliphatic heterocycles. The summed E-state index contributed by atoms with van der Waals surface area (Å²) in [5.74, 6) is -0.188. The number of carboxylic acid groups (broad SMARTS) is 1. The molecule has 0 radical (unpaired) electrons. The lowest BCUT2D eigenvalue weighted by molar-refractivity contribution is -0.137. The molecule has 0 aromatic carbocycles. The number of carboxylic acids is 1. The van der Waals surface area contributed by atoms with Gasteiger partial charge >= 0.3 is 5.97 Å². The van der Waals surface area contributed by atoms with Crippen LogP contribution in [0.1, 0.15) is 31.4 Å². The van der Waals surface area contributed by atoms with E-state index in [1.54, 1.807) is 0 Å². The third kappa shape index (κ3) is 4.10. The fraction of sp³-hybridized carbons (Fsp3) is 0.750. The summed E-state index contributed by atoms with van der Waals surface area (Å²) in [5, 5.41) is 16.7. The first kappa shape index (κ1) is 13.0. The molecule has 0 amide bonds. The molecule has 1 aromatic heterocycles. The van der Waals surface area contributed by atoms with Gasteiger partial charge in [-0.2, -0.15) is 0 Å². The quantitative estimate of drug-likeness (QED) is 0.737. The zero-order valence-corrected chi connectivity index (χ0v) is 10.4. The van der Waals surface area contributed by atoms with Gasteiger partial charge in [-0.05, 0) is 25.7 Å². The molecule has 6 heteroatoms. The molecule has 0 spiro atoms. The first-order valence-corrected chi connectivity index (χ1v) is 6.42. The molecule has 1 saturated heterocycles. The number of unbranched alkanes of at least 4 members (excludes halogenated alkanes) is 1. The molecule has 2 heterocycles. The van der Waals surface area contributed by atoms with Gasteiger partial charge in [0.15, 0.2) is 0 Å². The largest absolute Gasteiger partial charge is 0.481 e. The van der Waals surface area contributed by atoms with E-state index in [9.17, 15) is 4.79 Å². The van der Waals surface area contributed by atoms with Crippen LogP contribution in [0.5, 0.6) is 0 Å². The van der Waals surface area contributed by atoms with E-state index in [-0.39, 0.29) is 6.42 Å². The standard InChI is InChI=1S/C12H19N3O3/c16-12(17)4-2-1-3-11-8-15(14-13-11)7-10-5-6-18-9-10/h8,10H,1-7,9H2,(H,16,17). The zero-order valence-electron chi connectivity index (χ0n) is 10.4. The molecular weight excluding hydrogens is 234 g/mol. The molecule has 1 fully saturated rings. The lowest BCUT2D eigenvalue weighted by Gasteiger charge is -2.05. The SMILES string of the molecule is O=C(O)CCCCc1cn(CC2CCOC2)nn1. The van der Waals surface area contributed by atoms with Gasteiger partial charge in [0.1, 0.15) is 0 Å². The third-order valence-electron chi connectivity index (χ3n) is 3.13. The first-order valence-electron chi connectivity index (χ1n) is 6.42. The van der Waals surface area contributed by atoms with E-state index < -0.39 is 5.97 Å². The lowest BCUT2D eigenvalue weighted by Crippen LogP contribution is -2.11. The number of nitrogens with zero attached hydrogens (tertiary/aromatic N) is 3. The predicted octanol–water partition coefficient (Wildman–Crippen LogP) is 1.11. The highest BCUT2D eigenvalue weighted by Gasteiger charge is 2.16. The van der Waals surface area contributed by atoms with Gasteiger partial charge in [-0.15, -0.1) is 5.10 Å². The van der Waals surface area contributed by atoms with E-state index in [4.69, 9.17) is 9.84 Å². The van der Waals surface area contributed by atoms with Crippen LogP contribution in [0.2, 0.25) is 0 Å². The molecule has 100 valence electrons. The molecule has 1 unspecified atom stereocenters. The Kier molecular flexibility index (Phi) is 4.69. The van der Waals surface area contributed by atoms with Gasteiger partial charge in [-0.3, -0.25) is 9.48 Å². The lowest BCUT2D eigenvalue weighted by atomic mass is 10.1. The maximum atomic E-state index is 10.4. The van der Waals surface area contributed by atoms with Crippen molar-refractivity contribution in [1.29, 1.82) is 0 Å². The third-order valence-corrected chi connectivity index (χ3v) is 3.13. The zero-order chi connectivity index (χ0) is 12.8. The van der Waals surface area contributed by atoms with Crippen LogP contribution in [0.4, 0.5) is 0 Å². The Morgan fingerprint density at radius 2 is 2.44 bits per heavy atom. The van der Waals surface area contributed by atoms with Gasteiger partial charge in [0, 0.05) is 31.7 Å². The molecule has 0 bridgehead atoms. The van der Waals surface area contributed by atoms with Gasteiger partial charge in [0.25, 0.3) is 0 Å². The number of aromatic nitrogens is 3. The van der Waals surface area contributed by atoms with Crippen LogP contribution in [0.15, 0.2) is 6.20 Å². The Balaban J connectivity index is 1.70. The average molecular weight is 253 g/mol. The summed E-state index contributed by atoms with van der Waals surface area (Å²) in [6.45, 7) is 2.53. The van der Waals surface area contributed by atoms with E-state index in [2.05, 4.69) is 10.3 Å². The van der Waals surface area contributed by atoms with Crippen molar-refractivity contribution in [3.8, 4) is 0 Å². The second-order valence-electron chi connectivity index (χ2n) is 4.76. The Morgan fingerprint density at radius 3 is 3.17 bits per heavy atom. The number of carbonyl (C=O) groups is 1. The average Bonchev–Trinajstić information content (AvgIpc) is 2.97. The number of rotatable bonds is 7.